The minimum absolute atomic E-state index is 0.0268. The van der Waals surface area contributed by atoms with Crippen LogP contribution in [0.3, 0.4) is 0 Å². The van der Waals surface area contributed by atoms with Gasteiger partial charge in [0.2, 0.25) is 23.5 Å². The Morgan fingerprint density at radius 1 is 1.14 bits per heavy atom. The highest BCUT2D eigenvalue weighted by Gasteiger charge is 2.31. The lowest BCUT2D eigenvalue weighted by atomic mass is 9.49. The number of nitrogens with one attached hydrogen (secondary N) is 4. The maximum Gasteiger partial charge on any atom is 0.272 e. The van der Waals surface area contributed by atoms with Crippen molar-refractivity contribution in [2.45, 2.75) is 37.3 Å². The molecule has 0 spiro atoms. The fourth-order valence-electron chi connectivity index (χ4n) is 4.22. The molecule has 1 saturated carbocycles. The lowest BCUT2D eigenvalue weighted by molar-refractivity contribution is -0.123. The van der Waals surface area contributed by atoms with Crippen LogP contribution in [0.1, 0.15) is 48.5 Å². The molecule has 1 fully saturated rings. The van der Waals surface area contributed by atoms with Crippen LogP contribution in [0.4, 0.5) is 17.2 Å². The second-order valence-corrected chi connectivity index (χ2v) is 11.2. The number of nitrogens with zero attached hydrogens (tertiary/aromatic N) is 4. The minimum atomic E-state index is -0.638. The number of ether oxygens (including phenoxy) is 2. The van der Waals surface area contributed by atoms with Gasteiger partial charge in [-0.15, -0.1) is 10.2 Å². The summed E-state index contributed by atoms with van der Waals surface area (Å²) in [6.07, 6.45) is 2.11. The van der Waals surface area contributed by atoms with E-state index in [9.17, 15) is 14.4 Å². The van der Waals surface area contributed by atoms with Gasteiger partial charge in [0.15, 0.2) is 17.3 Å². The van der Waals surface area contributed by atoms with Gasteiger partial charge < -0.3 is 35.3 Å². The Morgan fingerprint density at radius 3 is 2.56 bits per heavy atom. The number of benzene rings is 1. The van der Waals surface area contributed by atoms with E-state index in [0.29, 0.717) is 42.3 Å². The number of methoxy groups -OCH3 is 2. The van der Waals surface area contributed by atoms with Gasteiger partial charge in [0.05, 0.1) is 30.7 Å². The first kappa shape index (κ1) is 31.5. The first-order valence-corrected chi connectivity index (χ1v) is 14.1. The zero-order chi connectivity index (χ0) is 31.1. The number of carbonyl (C=O) groups excluding carboxylic acids is 3. The van der Waals surface area contributed by atoms with Crippen molar-refractivity contribution in [1.82, 2.24) is 31.0 Å². The standard InChI is InChI=1S/C26H35B3N8O6/c1-4-14(23(39)30-10-11-41-2)25-33-21(37-43-25)15-6-5-7-16(20(15)42-3)31-17-12-18(32-22(38)13-8-9-13)35-36-19(17)24(40)34-26(27,28)29/h5-7,12-14H,4,8-11,27-29H2,1-3H3,(H,30,39)(H,34,40)(H2,31,32,35,38). The maximum absolute atomic E-state index is 13.2. The lowest BCUT2D eigenvalue weighted by Gasteiger charge is -2.21. The van der Waals surface area contributed by atoms with Crippen LogP contribution >= 0.6 is 0 Å². The highest BCUT2D eigenvalue weighted by molar-refractivity contribution is 6.60. The number of aromatic nitrogens is 4. The van der Waals surface area contributed by atoms with E-state index in [-0.39, 0.29) is 41.0 Å². The first-order chi connectivity index (χ1) is 20.5. The Kier molecular flexibility index (Phi) is 10.1. The Labute approximate surface area is 252 Å². The fraction of sp³-hybridized carbons (Fsp3) is 0.423. The molecule has 3 aromatic rings. The van der Waals surface area contributed by atoms with Crippen LogP contribution in [0, 0.1) is 5.92 Å². The molecule has 2 aromatic heterocycles. The molecule has 1 unspecified atom stereocenters. The molecule has 4 rings (SSSR count). The largest absolute Gasteiger partial charge is 0.494 e. The van der Waals surface area contributed by atoms with Crippen molar-refractivity contribution in [2.75, 3.05) is 38.0 Å². The molecular weight excluding hydrogens is 553 g/mol. The second kappa shape index (κ2) is 13.7. The van der Waals surface area contributed by atoms with Gasteiger partial charge in [0.1, 0.15) is 29.5 Å². The van der Waals surface area contributed by atoms with E-state index in [1.165, 1.54) is 7.11 Å². The van der Waals surface area contributed by atoms with Crippen molar-refractivity contribution in [1.29, 1.82) is 0 Å². The molecule has 224 valence electrons. The van der Waals surface area contributed by atoms with Crippen LogP contribution in [0.5, 0.6) is 5.75 Å². The van der Waals surface area contributed by atoms with Crippen molar-refractivity contribution in [2.24, 2.45) is 5.92 Å². The summed E-state index contributed by atoms with van der Waals surface area (Å²) in [7, 11) is 8.61. The molecule has 0 aliphatic heterocycles. The molecule has 0 radical (unpaired) electrons. The number of hydrogen-bond donors (Lipinski definition) is 4. The first-order valence-electron chi connectivity index (χ1n) is 14.1. The smallest absolute Gasteiger partial charge is 0.272 e. The van der Waals surface area contributed by atoms with Crippen LogP contribution < -0.4 is 26.0 Å². The highest BCUT2D eigenvalue weighted by Crippen LogP contribution is 2.38. The van der Waals surface area contributed by atoms with E-state index in [1.54, 1.807) is 31.4 Å². The summed E-state index contributed by atoms with van der Waals surface area (Å²) in [5, 5.41) is 23.5. The van der Waals surface area contributed by atoms with Crippen molar-refractivity contribution < 1.29 is 28.4 Å². The zero-order valence-corrected chi connectivity index (χ0v) is 25.2. The van der Waals surface area contributed by atoms with E-state index in [2.05, 4.69) is 41.6 Å². The van der Waals surface area contributed by atoms with Gasteiger partial charge in [0.25, 0.3) is 5.91 Å². The summed E-state index contributed by atoms with van der Waals surface area (Å²) >= 11 is 0. The van der Waals surface area contributed by atoms with Gasteiger partial charge in [-0.25, -0.2) is 0 Å². The van der Waals surface area contributed by atoms with Crippen LogP contribution in [-0.2, 0) is 14.3 Å². The minimum Gasteiger partial charge on any atom is -0.494 e. The van der Waals surface area contributed by atoms with Gasteiger partial charge in [-0.05, 0) is 36.6 Å². The predicted octanol–water partition coefficient (Wildman–Crippen LogP) is -0.876. The lowest BCUT2D eigenvalue weighted by Crippen LogP contribution is -2.50. The molecule has 3 amide bonds. The Bertz CT molecular complexity index is 1480. The highest BCUT2D eigenvalue weighted by atomic mass is 16.5. The van der Waals surface area contributed by atoms with E-state index < -0.39 is 17.1 Å². The molecule has 0 bridgehead atoms. The van der Waals surface area contributed by atoms with E-state index in [0.717, 1.165) is 12.8 Å². The second-order valence-electron chi connectivity index (χ2n) is 11.2. The van der Waals surface area contributed by atoms with Gasteiger partial charge in [-0.3, -0.25) is 14.4 Å². The molecule has 4 N–H and O–H groups in total. The Morgan fingerprint density at radius 2 is 1.91 bits per heavy atom. The van der Waals surface area contributed by atoms with E-state index >= 15 is 0 Å². The molecule has 43 heavy (non-hydrogen) atoms. The Balaban J connectivity index is 1.66. The number of amides is 3. The zero-order valence-electron chi connectivity index (χ0n) is 25.2. The monoisotopic (exact) mass is 588 g/mol. The van der Waals surface area contributed by atoms with Gasteiger partial charge in [0, 0.05) is 25.6 Å². The van der Waals surface area contributed by atoms with Crippen molar-refractivity contribution in [3.63, 3.8) is 0 Å². The summed E-state index contributed by atoms with van der Waals surface area (Å²) in [4.78, 5) is 42.7. The number of anilines is 3. The summed E-state index contributed by atoms with van der Waals surface area (Å²) in [6, 6.07) is 6.80. The third kappa shape index (κ3) is 8.12. The van der Waals surface area contributed by atoms with E-state index in [4.69, 9.17) is 14.0 Å². The van der Waals surface area contributed by atoms with E-state index in [1.807, 2.05) is 30.5 Å². The molecule has 1 atom stereocenters. The quantitative estimate of drug-likeness (QED) is 0.136. The third-order valence-electron chi connectivity index (χ3n) is 6.50. The van der Waals surface area contributed by atoms with Crippen LogP contribution in [-0.4, -0.2) is 94.2 Å². The fourth-order valence-corrected chi connectivity index (χ4v) is 4.22. The van der Waals surface area contributed by atoms with Crippen LogP contribution in [0.25, 0.3) is 11.4 Å². The molecule has 17 heteroatoms. The molecule has 0 saturated heterocycles. The van der Waals surface area contributed by atoms with Crippen molar-refractivity contribution in [3.8, 4) is 17.1 Å². The van der Waals surface area contributed by atoms with Gasteiger partial charge in [-0.2, -0.15) is 4.98 Å². The molecule has 14 nitrogen and oxygen atoms in total. The van der Waals surface area contributed by atoms with Crippen LogP contribution in [0.2, 0.25) is 0 Å². The third-order valence-corrected chi connectivity index (χ3v) is 6.50. The summed E-state index contributed by atoms with van der Waals surface area (Å²) in [5.41, 5.74) is 1.28. The number of rotatable bonds is 14. The van der Waals surface area contributed by atoms with Crippen molar-refractivity contribution >= 4 is 58.5 Å². The molecular formula is C26H35B3N8O6. The summed E-state index contributed by atoms with van der Waals surface area (Å²) in [6.45, 7) is 2.60. The van der Waals surface area contributed by atoms with Gasteiger partial charge in [-0.1, -0.05) is 18.1 Å². The summed E-state index contributed by atoms with van der Waals surface area (Å²) < 4.78 is 16.2. The van der Waals surface area contributed by atoms with Crippen LogP contribution in [0.15, 0.2) is 28.8 Å². The van der Waals surface area contributed by atoms with Gasteiger partial charge >= 0.3 is 0 Å². The average molecular weight is 588 g/mol. The number of carbonyl (C=O) groups is 3. The Hall–Kier alpha value is -4.40. The number of para-hydroxylation sites is 1. The average Bonchev–Trinajstić information content (AvgIpc) is 3.70. The molecule has 1 aromatic carbocycles. The molecule has 1 aliphatic carbocycles. The molecule has 2 heterocycles. The summed E-state index contributed by atoms with van der Waals surface area (Å²) in [5.74, 6) is -0.559. The number of hydrogen-bond acceptors (Lipinski definition) is 11. The SMILES string of the molecule is BC(B)(B)NC(=O)c1nnc(NC(=O)C2CC2)cc1Nc1cccc(-c2noc(C(CC)C(=O)NCCOC)n2)c1OC. The molecule has 1 aliphatic rings. The topological polar surface area (TPSA) is 182 Å². The normalized spacial score (nSPS) is 13.6. The predicted molar refractivity (Wildman–Crippen MR) is 167 cm³/mol. The maximum atomic E-state index is 13.2. The van der Waals surface area contributed by atoms with Crippen molar-refractivity contribution in [3.05, 3.63) is 35.9 Å².